The number of nitrogens with one attached hydrogen (secondary N) is 1. The Kier molecular flexibility index (Phi) is 4.02. The minimum absolute atomic E-state index is 0.0549. The van der Waals surface area contributed by atoms with Gasteiger partial charge in [-0.2, -0.15) is 0 Å². The van der Waals surface area contributed by atoms with E-state index in [0.717, 1.165) is 19.4 Å². The summed E-state index contributed by atoms with van der Waals surface area (Å²) in [7, 11) is 0. The SMILES string of the molecule is CC(C)(CC(=O)O)NC(=O)N1CCCC2CCCC21. The molecule has 2 atom stereocenters. The lowest BCUT2D eigenvalue weighted by Gasteiger charge is -2.39. The van der Waals surface area contributed by atoms with E-state index in [1.807, 2.05) is 4.90 Å². The second-order valence-electron chi connectivity index (χ2n) is 6.48. The lowest BCUT2D eigenvalue weighted by Crippen LogP contribution is -2.56. The molecule has 0 spiro atoms. The van der Waals surface area contributed by atoms with Crippen molar-refractivity contribution in [3.05, 3.63) is 0 Å². The Morgan fingerprint density at radius 2 is 1.95 bits per heavy atom. The van der Waals surface area contributed by atoms with E-state index in [9.17, 15) is 9.59 Å². The summed E-state index contributed by atoms with van der Waals surface area (Å²) < 4.78 is 0. The first-order valence-electron chi connectivity index (χ1n) is 7.20. The van der Waals surface area contributed by atoms with E-state index < -0.39 is 11.5 Å². The molecule has 1 saturated heterocycles. The van der Waals surface area contributed by atoms with E-state index in [1.54, 1.807) is 13.8 Å². The van der Waals surface area contributed by atoms with Gasteiger partial charge in [0.25, 0.3) is 0 Å². The number of aliphatic carboxylic acids is 1. The predicted octanol–water partition coefficient (Wildman–Crippen LogP) is 2.21. The van der Waals surface area contributed by atoms with Gasteiger partial charge in [0, 0.05) is 18.1 Å². The van der Waals surface area contributed by atoms with Crippen LogP contribution < -0.4 is 5.32 Å². The monoisotopic (exact) mass is 268 g/mol. The summed E-state index contributed by atoms with van der Waals surface area (Å²) in [6.07, 6.45) is 5.77. The number of carbonyl (C=O) groups is 2. The van der Waals surface area contributed by atoms with Crippen molar-refractivity contribution in [2.24, 2.45) is 5.92 Å². The molecule has 0 bridgehead atoms. The third-order valence-electron chi connectivity index (χ3n) is 4.29. The van der Waals surface area contributed by atoms with Gasteiger partial charge in [0.05, 0.1) is 6.42 Å². The van der Waals surface area contributed by atoms with Gasteiger partial charge in [-0.1, -0.05) is 6.42 Å². The highest BCUT2D eigenvalue weighted by Crippen LogP contribution is 2.36. The molecular formula is C14H24N2O3. The van der Waals surface area contributed by atoms with Crippen LogP contribution in [-0.2, 0) is 4.79 Å². The maximum absolute atomic E-state index is 12.4. The number of carboxylic acid groups (broad SMARTS) is 1. The van der Waals surface area contributed by atoms with E-state index in [-0.39, 0.29) is 12.5 Å². The van der Waals surface area contributed by atoms with Crippen LogP contribution in [-0.4, -0.2) is 40.1 Å². The molecule has 1 heterocycles. The Morgan fingerprint density at radius 1 is 1.26 bits per heavy atom. The van der Waals surface area contributed by atoms with Crippen molar-refractivity contribution in [1.82, 2.24) is 10.2 Å². The minimum Gasteiger partial charge on any atom is -0.481 e. The third kappa shape index (κ3) is 3.39. The van der Waals surface area contributed by atoms with Crippen molar-refractivity contribution in [1.29, 1.82) is 0 Å². The molecule has 2 aliphatic rings. The van der Waals surface area contributed by atoms with Gasteiger partial charge in [-0.25, -0.2) is 4.79 Å². The molecule has 2 unspecified atom stereocenters. The summed E-state index contributed by atoms with van der Waals surface area (Å²) in [4.78, 5) is 25.1. The van der Waals surface area contributed by atoms with Gasteiger partial charge in [0.1, 0.15) is 0 Å². The average Bonchev–Trinajstić information content (AvgIpc) is 2.73. The summed E-state index contributed by atoms with van der Waals surface area (Å²) in [5.74, 6) is -0.232. The quantitative estimate of drug-likeness (QED) is 0.824. The lowest BCUT2D eigenvalue weighted by atomic mass is 9.92. The van der Waals surface area contributed by atoms with Gasteiger partial charge >= 0.3 is 12.0 Å². The van der Waals surface area contributed by atoms with Gasteiger partial charge in [-0.3, -0.25) is 4.79 Å². The number of urea groups is 1. The maximum atomic E-state index is 12.4. The highest BCUT2D eigenvalue weighted by atomic mass is 16.4. The molecule has 0 aromatic heterocycles. The number of nitrogens with zero attached hydrogens (tertiary/aromatic N) is 1. The largest absolute Gasteiger partial charge is 0.481 e. The molecule has 1 aliphatic carbocycles. The molecule has 0 aromatic carbocycles. The third-order valence-corrected chi connectivity index (χ3v) is 4.29. The van der Waals surface area contributed by atoms with E-state index in [4.69, 9.17) is 5.11 Å². The minimum atomic E-state index is -0.886. The van der Waals surface area contributed by atoms with Gasteiger partial charge < -0.3 is 15.3 Å². The molecule has 2 rings (SSSR count). The molecule has 2 N–H and O–H groups in total. The highest BCUT2D eigenvalue weighted by molar-refractivity contribution is 5.77. The summed E-state index contributed by atoms with van der Waals surface area (Å²) in [6.45, 7) is 4.32. The van der Waals surface area contributed by atoms with Gasteiger partial charge in [0.2, 0.25) is 0 Å². The fourth-order valence-electron chi connectivity index (χ4n) is 3.49. The van der Waals surface area contributed by atoms with Crippen molar-refractivity contribution in [3.63, 3.8) is 0 Å². The second-order valence-corrected chi connectivity index (χ2v) is 6.48. The number of carbonyl (C=O) groups excluding carboxylic acids is 1. The zero-order valence-corrected chi connectivity index (χ0v) is 11.8. The second kappa shape index (κ2) is 5.39. The zero-order chi connectivity index (χ0) is 14.0. The van der Waals surface area contributed by atoms with Gasteiger partial charge in [0.15, 0.2) is 0 Å². The molecular weight excluding hydrogens is 244 g/mol. The van der Waals surface area contributed by atoms with E-state index in [2.05, 4.69) is 5.32 Å². The van der Waals surface area contributed by atoms with Crippen LogP contribution in [0, 0.1) is 5.92 Å². The van der Waals surface area contributed by atoms with Crippen molar-refractivity contribution >= 4 is 12.0 Å². The van der Waals surface area contributed by atoms with Crippen LogP contribution in [0.4, 0.5) is 4.79 Å². The molecule has 1 aliphatic heterocycles. The van der Waals surface area contributed by atoms with Gasteiger partial charge in [-0.05, 0) is 45.4 Å². The number of rotatable bonds is 3. The molecule has 108 valence electrons. The number of piperidine rings is 1. The fourth-order valence-corrected chi connectivity index (χ4v) is 3.49. The van der Waals surface area contributed by atoms with Crippen LogP contribution >= 0.6 is 0 Å². The van der Waals surface area contributed by atoms with E-state index in [0.29, 0.717) is 12.0 Å². The molecule has 19 heavy (non-hydrogen) atoms. The Bertz CT molecular complexity index is 368. The molecule has 1 saturated carbocycles. The van der Waals surface area contributed by atoms with Crippen LogP contribution in [0.2, 0.25) is 0 Å². The molecule has 0 radical (unpaired) electrons. The number of likely N-dealkylation sites (tertiary alicyclic amines) is 1. The number of hydrogen-bond acceptors (Lipinski definition) is 2. The topological polar surface area (TPSA) is 69.6 Å². The van der Waals surface area contributed by atoms with Crippen LogP contribution in [0.5, 0.6) is 0 Å². The highest BCUT2D eigenvalue weighted by Gasteiger charge is 2.38. The maximum Gasteiger partial charge on any atom is 0.318 e. The zero-order valence-electron chi connectivity index (χ0n) is 11.8. The molecule has 2 fully saturated rings. The number of amides is 2. The summed E-state index contributed by atoms with van der Waals surface area (Å²) in [6, 6.07) is 0.275. The molecule has 0 aromatic rings. The molecule has 5 heteroatoms. The standard InChI is InChI=1S/C14H24N2O3/c1-14(2,9-12(17)18)15-13(19)16-8-4-6-10-5-3-7-11(10)16/h10-11H,3-9H2,1-2H3,(H,15,19)(H,17,18). The van der Waals surface area contributed by atoms with Crippen molar-refractivity contribution < 1.29 is 14.7 Å². The van der Waals surface area contributed by atoms with Crippen LogP contribution in [0.25, 0.3) is 0 Å². The predicted molar refractivity (Wildman–Crippen MR) is 71.9 cm³/mol. The first-order chi connectivity index (χ1) is 8.89. The van der Waals surface area contributed by atoms with Crippen LogP contribution in [0.3, 0.4) is 0 Å². The van der Waals surface area contributed by atoms with Crippen molar-refractivity contribution in [2.45, 2.75) is 64.0 Å². The summed E-state index contributed by atoms with van der Waals surface area (Å²) in [5.41, 5.74) is -0.700. The van der Waals surface area contributed by atoms with Crippen LogP contribution in [0.1, 0.15) is 52.4 Å². The Balaban J connectivity index is 1.97. The fraction of sp³-hybridized carbons (Fsp3) is 0.857. The summed E-state index contributed by atoms with van der Waals surface area (Å²) in [5, 5.41) is 11.7. The smallest absolute Gasteiger partial charge is 0.318 e. The van der Waals surface area contributed by atoms with Crippen LogP contribution in [0.15, 0.2) is 0 Å². The van der Waals surface area contributed by atoms with Crippen molar-refractivity contribution in [2.75, 3.05) is 6.54 Å². The summed E-state index contributed by atoms with van der Waals surface area (Å²) >= 11 is 0. The number of fused-ring (bicyclic) bond motifs is 1. The van der Waals surface area contributed by atoms with E-state index >= 15 is 0 Å². The number of carboxylic acids is 1. The number of hydrogen-bond donors (Lipinski definition) is 2. The van der Waals surface area contributed by atoms with Gasteiger partial charge in [-0.15, -0.1) is 0 Å². The van der Waals surface area contributed by atoms with Crippen molar-refractivity contribution in [3.8, 4) is 0 Å². The van der Waals surface area contributed by atoms with E-state index in [1.165, 1.54) is 19.3 Å². The lowest BCUT2D eigenvalue weighted by molar-refractivity contribution is -0.138. The Morgan fingerprint density at radius 3 is 2.63 bits per heavy atom. The Hall–Kier alpha value is -1.26. The first-order valence-corrected chi connectivity index (χ1v) is 7.20. The molecule has 5 nitrogen and oxygen atoms in total. The Labute approximate surface area is 114 Å². The normalized spacial score (nSPS) is 26.9. The average molecular weight is 268 g/mol. The molecule has 2 amide bonds. The first kappa shape index (κ1) is 14.2.